The molecule has 2 aromatic rings. The summed E-state index contributed by atoms with van der Waals surface area (Å²) in [6.07, 6.45) is -1.71. The largest absolute Gasteiger partial charge is 0.416 e. The van der Waals surface area contributed by atoms with Crippen molar-refractivity contribution in [2.45, 2.75) is 6.18 Å². The Kier molecular flexibility index (Phi) is 4.94. The van der Waals surface area contributed by atoms with Gasteiger partial charge in [0.2, 0.25) is 0 Å². The summed E-state index contributed by atoms with van der Waals surface area (Å²) >= 11 is 11.7. The van der Waals surface area contributed by atoms with Crippen molar-refractivity contribution in [3.05, 3.63) is 75.3 Å². The molecule has 6 heteroatoms. The van der Waals surface area contributed by atoms with Crippen LogP contribution < -0.4 is 0 Å². The average Bonchev–Trinajstić information content (AvgIpc) is 2.44. The zero-order chi connectivity index (χ0) is 16.3. The summed E-state index contributed by atoms with van der Waals surface area (Å²) in [5.74, 6) is -0.360. The maximum atomic E-state index is 12.4. The Bertz CT molecular complexity index is 719. The van der Waals surface area contributed by atoms with Crippen LogP contribution in [0, 0.1) is 0 Å². The molecule has 0 aromatic heterocycles. The van der Waals surface area contributed by atoms with Crippen LogP contribution in [0.3, 0.4) is 0 Å². The van der Waals surface area contributed by atoms with Crippen LogP contribution in [0.4, 0.5) is 13.2 Å². The van der Waals surface area contributed by atoms with Gasteiger partial charge < -0.3 is 0 Å². The van der Waals surface area contributed by atoms with Crippen molar-refractivity contribution in [2.75, 3.05) is 0 Å². The van der Waals surface area contributed by atoms with E-state index in [1.54, 1.807) is 0 Å². The Morgan fingerprint density at radius 3 is 2.18 bits per heavy atom. The van der Waals surface area contributed by atoms with Crippen molar-refractivity contribution >= 4 is 35.1 Å². The monoisotopic (exact) mass is 344 g/mol. The lowest BCUT2D eigenvalue weighted by molar-refractivity contribution is -0.137. The van der Waals surface area contributed by atoms with E-state index >= 15 is 0 Å². The molecule has 0 radical (unpaired) electrons. The van der Waals surface area contributed by atoms with Crippen LogP contribution in [0.15, 0.2) is 48.5 Å². The van der Waals surface area contributed by atoms with E-state index in [1.807, 2.05) is 0 Å². The van der Waals surface area contributed by atoms with E-state index in [-0.39, 0.29) is 16.4 Å². The lowest BCUT2D eigenvalue weighted by atomic mass is 10.1. The molecule has 1 nitrogen and oxygen atoms in total. The second-order valence-electron chi connectivity index (χ2n) is 4.44. The van der Waals surface area contributed by atoms with Gasteiger partial charge >= 0.3 is 6.18 Å². The number of alkyl halides is 3. The third kappa shape index (κ3) is 4.12. The summed E-state index contributed by atoms with van der Waals surface area (Å²) in [6, 6.07) is 8.96. The van der Waals surface area contributed by atoms with Crippen molar-refractivity contribution in [1.82, 2.24) is 0 Å². The van der Waals surface area contributed by atoms with Crippen molar-refractivity contribution in [3.63, 3.8) is 0 Å². The molecular weight excluding hydrogens is 336 g/mol. The first kappa shape index (κ1) is 16.6. The molecule has 22 heavy (non-hydrogen) atoms. The molecule has 114 valence electrons. The van der Waals surface area contributed by atoms with Crippen LogP contribution in [0.25, 0.3) is 6.08 Å². The number of benzene rings is 2. The SMILES string of the molecule is O=C(C=Cc1ccc(C(F)(F)F)cc1)c1ccc(Cl)cc1Cl. The van der Waals surface area contributed by atoms with Crippen LogP contribution in [-0.2, 0) is 6.18 Å². The minimum Gasteiger partial charge on any atom is -0.289 e. The third-order valence-corrected chi connectivity index (χ3v) is 3.41. The highest BCUT2D eigenvalue weighted by molar-refractivity contribution is 6.37. The van der Waals surface area contributed by atoms with Crippen molar-refractivity contribution in [3.8, 4) is 0 Å². The van der Waals surface area contributed by atoms with E-state index in [2.05, 4.69) is 0 Å². The molecule has 0 aliphatic rings. The number of hydrogen-bond acceptors (Lipinski definition) is 1. The summed E-state index contributed by atoms with van der Waals surface area (Å²) in [5.41, 5.74) is 0.0115. The number of rotatable bonds is 3. The standard InChI is InChI=1S/C16H9Cl2F3O/c17-12-6-7-13(14(18)9-12)15(22)8-3-10-1-4-11(5-2-10)16(19,20)21/h1-9H. The molecular formula is C16H9Cl2F3O. The molecule has 2 rings (SSSR count). The molecule has 0 fully saturated rings. The van der Waals surface area contributed by atoms with E-state index in [9.17, 15) is 18.0 Å². The van der Waals surface area contributed by atoms with Gasteiger partial charge in [0.25, 0.3) is 0 Å². The smallest absolute Gasteiger partial charge is 0.289 e. The van der Waals surface area contributed by atoms with Crippen LogP contribution in [-0.4, -0.2) is 5.78 Å². The maximum Gasteiger partial charge on any atom is 0.416 e. The first-order valence-electron chi connectivity index (χ1n) is 6.12. The molecule has 0 saturated heterocycles. The maximum absolute atomic E-state index is 12.4. The zero-order valence-electron chi connectivity index (χ0n) is 11.0. The number of carbonyl (C=O) groups excluding carboxylic acids is 1. The fraction of sp³-hybridized carbons (Fsp3) is 0.0625. The normalized spacial score (nSPS) is 11.9. The van der Waals surface area contributed by atoms with Gasteiger partial charge in [-0.25, -0.2) is 0 Å². The first-order chi connectivity index (χ1) is 10.3. The fourth-order valence-electron chi connectivity index (χ4n) is 1.73. The van der Waals surface area contributed by atoms with Crippen LogP contribution in [0.2, 0.25) is 10.0 Å². The Balaban J connectivity index is 2.16. The molecule has 0 aliphatic carbocycles. The molecule has 0 saturated carbocycles. The first-order valence-corrected chi connectivity index (χ1v) is 6.88. The quantitative estimate of drug-likeness (QED) is 0.499. The third-order valence-electron chi connectivity index (χ3n) is 2.86. The Morgan fingerprint density at radius 2 is 1.64 bits per heavy atom. The van der Waals surface area contributed by atoms with Gasteiger partial charge in [0.05, 0.1) is 10.6 Å². The van der Waals surface area contributed by atoms with E-state index in [4.69, 9.17) is 23.2 Å². The molecule has 0 N–H and O–H groups in total. The molecule has 0 spiro atoms. The average molecular weight is 345 g/mol. The van der Waals surface area contributed by atoms with Gasteiger partial charge in [0, 0.05) is 10.6 Å². The number of halogens is 5. The van der Waals surface area contributed by atoms with Gasteiger partial charge in [-0.15, -0.1) is 0 Å². The van der Waals surface area contributed by atoms with Crippen LogP contribution >= 0.6 is 23.2 Å². The lowest BCUT2D eigenvalue weighted by Crippen LogP contribution is -2.04. The van der Waals surface area contributed by atoms with E-state index in [0.717, 1.165) is 12.1 Å². The summed E-state index contributed by atoms with van der Waals surface area (Å²) < 4.78 is 37.3. The molecule has 0 unspecified atom stereocenters. The lowest BCUT2D eigenvalue weighted by Gasteiger charge is -2.05. The molecule has 0 heterocycles. The Morgan fingerprint density at radius 1 is 1.00 bits per heavy atom. The van der Waals surface area contributed by atoms with Crippen LogP contribution in [0.5, 0.6) is 0 Å². The molecule has 0 aliphatic heterocycles. The molecule has 0 bridgehead atoms. The van der Waals surface area contributed by atoms with Crippen molar-refractivity contribution < 1.29 is 18.0 Å². The van der Waals surface area contributed by atoms with E-state index < -0.39 is 11.7 Å². The number of allylic oxidation sites excluding steroid dienone is 1. The zero-order valence-corrected chi connectivity index (χ0v) is 12.5. The molecule has 0 amide bonds. The summed E-state index contributed by atoms with van der Waals surface area (Å²) in [6.45, 7) is 0. The highest BCUT2D eigenvalue weighted by Crippen LogP contribution is 2.29. The van der Waals surface area contributed by atoms with Gasteiger partial charge in [-0.3, -0.25) is 4.79 Å². The number of hydrogen-bond donors (Lipinski definition) is 0. The van der Waals surface area contributed by atoms with Gasteiger partial charge in [-0.1, -0.05) is 41.4 Å². The van der Waals surface area contributed by atoms with E-state index in [1.165, 1.54) is 42.5 Å². The molecule has 0 atom stereocenters. The Hall–Kier alpha value is -1.78. The predicted octanol–water partition coefficient (Wildman–Crippen LogP) is 5.91. The Labute approximate surface area is 135 Å². The minimum absolute atomic E-state index is 0.217. The highest BCUT2D eigenvalue weighted by Gasteiger charge is 2.29. The summed E-state index contributed by atoms with van der Waals surface area (Å²) in [7, 11) is 0. The number of ketones is 1. The summed E-state index contributed by atoms with van der Waals surface area (Å²) in [5, 5.41) is 0.628. The second-order valence-corrected chi connectivity index (χ2v) is 5.29. The highest BCUT2D eigenvalue weighted by atomic mass is 35.5. The fourth-order valence-corrected chi connectivity index (χ4v) is 2.24. The van der Waals surface area contributed by atoms with Gasteiger partial charge in [-0.05, 0) is 42.0 Å². The van der Waals surface area contributed by atoms with Crippen molar-refractivity contribution in [1.29, 1.82) is 0 Å². The van der Waals surface area contributed by atoms with Gasteiger partial charge in [0.15, 0.2) is 5.78 Å². The van der Waals surface area contributed by atoms with Crippen LogP contribution in [0.1, 0.15) is 21.5 Å². The van der Waals surface area contributed by atoms with E-state index in [0.29, 0.717) is 10.6 Å². The van der Waals surface area contributed by atoms with Gasteiger partial charge in [-0.2, -0.15) is 13.2 Å². The van der Waals surface area contributed by atoms with Gasteiger partial charge in [0.1, 0.15) is 0 Å². The van der Waals surface area contributed by atoms with Crippen molar-refractivity contribution in [2.24, 2.45) is 0 Å². The second kappa shape index (κ2) is 6.55. The predicted molar refractivity (Wildman–Crippen MR) is 81.3 cm³/mol. The molecule has 2 aromatic carbocycles. The summed E-state index contributed by atoms with van der Waals surface area (Å²) in [4.78, 5) is 12.0. The number of carbonyl (C=O) groups is 1. The topological polar surface area (TPSA) is 17.1 Å². The minimum atomic E-state index is -4.38.